The van der Waals surface area contributed by atoms with E-state index in [1.165, 1.54) is 38.8 Å². The van der Waals surface area contributed by atoms with Crippen LogP contribution >= 0.6 is 11.6 Å². The van der Waals surface area contributed by atoms with E-state index >= 15 is 0 Å². The number of amides is 1. The highest BCUT2D eigenvalue weighted by atomic mass is 35.5. The number of halogens is 2. The van der Waals surface area contributed by atoms with Crippen molar-refractivity contribution in [3.05, 3.63) is 70.7 Å². The van der Waals surface area contributed by atoms with Gasteiger partial charge in [-0.3, -0.25) is 4.79 Å². The Hall–Kier alpha value is -4.12. The Morgan fingerprint density at radius 2 is 2.00 bits per heavy atom. The van der Waals surface area contributed by atoms with E-state index in [1.807, 2.05) is 20.0 Å². The highest BCUT2D eigenvalue weighted by molar-refractivity contribution is 6.33. The van der Waals surface area contributed by atoms with Crippen molar-refractivity contribution in [2.75, 3.05) is 30.9 Å². The lowest BCUT2D eigenvalue weighted by molar-refractivity contribution is 0.0962. The number of carbonyl (C=O) groups excluding carboxylic acids is 1. The number of nitrogens with zero attached hydrogens (tertiary/aromatic N) is 4. The molecule has 0 radical (unpaired) electrons. The van der Waals surface area contributed by atoms with Gasteiger partial charge in [0.05, 0.1) is 36.4 Å². The lowest BCUT2D eigenvalue weighted by atomic mass is 10.1. The van der Waals surface area contributed by atoms with Gasteiger partial charge in [0.25, 0.3) is 5.91 Å². The molecule has 3 heterocycles. The second-order valence-corrected chi connectivity index (χ2v) is 8.80. The number of carbonyl (C=O) groups is 1. The van der Waals surface area contributed by atoms with Crippen LogP contribution in [0.25, 0.3) is 0 Å². The van der Waals surface area contributed by atoms with Gasteiger partial charge in [0, 0.05) is 48.7 Å². The van der Waals surface area contributed by atoms with E-state index in [0.29, 0.717) is 39.9 Å². The molecule has 3 aromatic rings. The van der Waals surface area contributed by atoms with Gasteiger partial charge >= 0.3 is 0 Å². The predicted molar refractivity (Wildman–Crippen MR) is 139 cm³/mol. The van der Waals surface area contributed by atoms with Gasteiger partial charge in [-0.2, -0.15) is 0 Å². The molecule has 1 aliphatic heterocycles. The van der Waals surface area contributed by atoms with E-state index in [0.717, 1.165) is 5.70 Å². The number of hydrogen-bond donors (Lipinski definition) is 3. The van der Waals surface area contributed by atoms with Gasteiger partial charge in [-0.25, -0.2) is 19.3 Å². The van der Waals surface area contributed by atoms with Crippen molar-refractivity contribution in [3.63, 3.8) is 0 Å². The summed E-state index contributed by atoms with van der Waals surface area (Å²) >= 11 is 6.37. The zero-order valence-corrected chi connectivity index (χ0v) is 21.6. The summed E-state index contributed by atoms with van der Waals surface area (Å²) in [7, 11) is 3.01. The molecule has 0 bridgehead atoms. The molecule has 3 N–H and O–H groups in total. The first-order chi connectivity index (χ1) is 17.8. The Morgan fingerprint density at radius 3 is 2.65 bits per heavy atom. The number of anilines is 3. The molecule has 194 valence electrons. The third-order valence-electron chi connectivity index (χ3n) is 5.49. The van der Waals surface area contributed by atoms with Gasteiger partial charge in [-0.15, -0.1) is 0 Å². The van der Waals surface area contributed by atoms with E-state index in [-0.39, 0.29) is 30.3 Å². The summed E-state index contributed by atoms with van der Waals surface area (Å²) in [5.41, 5.74) is 2.30. The molecular formula is C25H27ClFN7O3. The summed E-state index contributed by atoms with van der Waals surface area (Å²) in [6, 6.07) is 4.71. The highest BCUT2D eigenvalue weighted by Crippen LogP contribution is 2.31. The Morgan fingerprint density at radius 1 is 1.24 bits per heavy atom. The third-order valence-corrected chi connectivity index (χ3v) is 5.92. The number of pyridine rings is 1. The Labute approximate surface area is 218 Å². The van der Waals surface area contributed by atoms with Crippen molar-refractivity contribution in [2.24, 2.45) is 0 Å². The molecule has 1 atom stereocenters. The smallest absolute Gasteiger partial charge is 0.251 e. The van der Waals surface area contributed by atoms with Crippen LogP contribution in [0.3, 0.4) is 0 Å². The molecule has 0 fully saturated rings. The number of ether oxygens (including phenoxy) is 2. The lowest BCUT2D eigenvalue weighted by Gasteiger charge is -2.30. The maximum absolute atomic E-state index is 14.8. The predicted octanol–water partition coefficient (Wildman–Crippen LogP) is 4.01. The molecule has 37 heavy (non-hydrogen) atoms. The van der Waals surface area contributed by atoms with E-state index < -0.39 is 5.82 Å². The highest BCUT2D eigenvalue weighted by Gasteiger charge is 2.19. The zero-order valence-electron chi connectivity index (χ0n) is 20.8. The number of benzene rings is 1. The SMILES string of the molecule is CNC(=O)c1cc(COc2cnc(Nc3cnc(N4C=C(C)N[C@@H](C)C4)c(F)c3)nc2)c(Cl)c(OC)c1. The topological polar surface area (TPSA) is 114 Å². The van der Waals surface area contributed by atoms with Gasteiger partial charge in [-0.05, 0) is 26.0 Å². The molecule has 1 aromatic carbocycles. The first-order valence-electron chi connectivity index (χ1n) is 11.4. The van der Waals surface area contributed by atoms with Crippen LogP contribution in [0.5, 0.6) is 11.5 Å². The second kappa shape index (κ2) is 11.3. The molecule has 0 spiro atoms. The summed E-state index contributed by atoms with van der Waals surface area (Å²) in [6.45, 7) is 4.61. The van der Waals surface area contributed by atoms with Crippen molar-refractivity contribution >= 4 is 35.0 Å². The van der Waals surface area contributed by atoms with Gasteiger partial charge in [0.15, 0.2) is 17.4 Å². The number of hydrogen-bond acceptors (Lipinski definition) is 9. The van der Waals surface area contributed by atoms with E-state index in [9.17, 15) is 9.18 Å². The number of rotatable bonds is 8. The molecule has 0 saturated carbocycles. The lowest BCUT2D eigenvalue weighted by Crippen LogP contribution is -2.41. The van der Waals surface area contributed by atoms with Crippen LogP contribution in [0.15, 0.2) is 48.7 Å². The number of nitrogens with one attached hydrogen (secondary N) is 3. The van der Waals surface area contributed by atoms with Crippen molar-refractivity contribution in [1.82, 2.24) is 25.6 Å². The molecule has 10 nitrogen and oxygen atoms in total. The third kappa shape index (κ3) is 6.18. The molecule has 0 aliphatic carbocycles. The van der Waals surface area contributed by atoms with Crippen LogP contribution in [0.1, 0.15) is 29.8 Å². The first-order valence-corrected chi connectivity index (χ1v) is 11.8. The molecule has 1 amide bonds. The number of allylic oxidation sites excluding steroid dienone is 1. The van der Waals surface area contributed by atoms with E-state index in [1.54, 1.807) is 17.0 Å². The van der Waals surface area contributed by atoms with Crippen LogP contribution in [-0.2, 0) is 6.61 Å². The summed E-state index contributed by atoms with van der Waals surface area (Å²) in [6.07, 6.45) is 6.29. The Kier molecular flexibility index (Phi) is 7.92. The largest absolute Gasteiger partial charge is 0.495 e. The molecule has 12 heteroatoms. The van der Waals surface area contributed by atoms with Gasteiger partial charge in [0.1, 0.15) is 12.4 Å². The molecule has 0 saturated heterocycles. The standard InChI is InChI=1S/C25H27ClFN7O3/c1-14-11-34(12-15(2)32-14)23-20(27)7-18(8-29-23)33-25-30-9-19(10-31-25)37-13-17-5-16(24(35)28-3)6-21(36-4)22(17)26/h5-11,15,32H,12-13H2,1-4H3,(H,28,35)(H,30,31,33)/t15-/m0/s1. The van der Waals surface area contributed by atoms with Crippen LogP contribution < -0.4 is 30.3 Å². The fraction of sp³-hybridized carbons (Fsp3) is 0.280. The van der Waals surface area contributed by atoms with Crippen molar-refractivity contribution in [2.45, 2.75) is 26.5 Å². The first kappa shape index (κ1) is 26.0. The Balaban J connectivity index is 1.41. The zero-order chi connectivity index (χ0) is 26.5. The fourth-order valence-electron chi connectivity index (χ4n) is 3.84. The minimum atomic E-state index is -0.464. The van der Waals surface area contributed by atoms with Gasteiger partial charge < -0.3 is 30.3 Å². The molecule has 0 unspecified atom stereocenters. The quantitative estimate of drug-likeness (QED) is 0.399. The van der Waals surface area contributed by atoms with Gasteiger partial charge in [0.2, 0.25) is 5.95 Å². The molecule has 1 aliphatic rings. The summed E-state index contributed by atoms with van der Waals surface area (Å²) < 4.78 is 25.8. The minimum absolute atomic E-state index is 0.0608. The second-order valence-electron chi connectivity index (χ2n) is 8.43. The summed E-state index contributed by atoms with van der Waals surface area (Å²) in [5.74, 6) is 0.493. The molecule has 2 aromatic heterocycles. The van der Waals surface area contributed by atoms with Crippen LogP contribution in [-0.4, -0.2) is 47.6 Å². The number of aromatic nitrogens is 3. The van der Waals surface area contributed by atoms with Crippen LogP contribution in [0.4, 0.5) is 21.8 Å². The Bertz CT molecular complexity index is 1320. The van der Waals surface area contributed by atoms with Crippen molar-refractivity contribution in [3.8, 4) is 11.5 Å². The van der Waals surface area contributed by atoms with E-state index in [4.69, 9.17) is 21.1 Å². The van der Waals surface area contributed by atoms with Crippen molar-refractivity contribution < 1.29 is 18.7 Å². The average Bonchev–Trinajstić information content (AvgIpc) is 2.88. The molecule has 4 rings (SSSR count). The monoisotopic (exact) mass is 527 g/mol. The maximum Gasteiger partial charge on any atom is 0.251 e. The summed E-state index contributed by atoms with van der Waals surface area (Å²) in [4.78, 5) is 26.5. The minimum Gasteiger partial charge on any atom is -0.495 e. The van der Waals surface area contributed by atoms with Crippen LogP contribution in [0.2, 0.25) is 5.02 Å². The maximum atomic E-state index is 14.8. The van der Waals surface area contributed by atoms with E-state index in [2.05, 4.69) is 30.9 Å². The molecular weight excluding hydrogens is 501 g/mol. The number of methoxy groups -OCH3 is 1. The normalized spacial score (nSPS) is 14.9. The van der Waals surface area contributed by atoms with Crippen LogP contribution in [0, 0.1) is 5.82 Å². The summed E-state index contributed by atoms with van der Waals surface area (Å²) in [5, 5.41) is 9.13. The fourth-order valence-corrected chi connectivity index (χ4v) is 4.08. The average molecular weight is 528 g/mol. The van der Waals surface area contributed by atoms with Crippen molar-refractivity contribution in [1.29, 1.82) is 0 Å². The van der Waals surface area contributed by atoms with Gasteiger partial charge in [-0.1, -0.05) is 11.6 Å².